The molecule has 0 aliphatic carbocycles. The Labute approximate surface area is 126 Å². The van der Waals surface area contributed by atoms with E-state index in [-0.39, 0.29) is 0 Å². The summed E-state index contributed by atoms with van der Waals surface area (Å²) in [6.45, 7) is 2.01. The lowest BCUT2D eigenvalue weighted by Crippen LogP contribution is -1.98. The molecule has 1 unspecified atom stereocenters. The van der Waals surface area contributed by atoms with Crippen LogP contribution in [0.25, 0.3) is 11.0 Å². The second-order valence-corrected chi connectivity index (χ2v) is 5.60. The fourth-order valence-corrected chi connectivity index (χ4v) is 2.71. The van der Waals surface area contributed by atoms with E-state index in [0.29, 0.717) is 21.4 Å². The molecule has 1 aromatic heterocycles. The third-order valence-corrected chi connectivity index (χ3v) is 3.78. The van der Waals surface area contributed by atoms with Crippen LogP contribution in [-0.2, 0) is 0 Å². The molecule has 0 fully saturated rings. The van der Waals surface area contributed by atoms with Crippen LogP contribution in [0.15, 0.2) is 46.9 Å². The van der Waals surface area contributed by atoms with Gasteiger partial charge in [-0.15, -0.1) is 0 Å². The zero-order valence-corrected chi connectivity index (χ0v) is 12.2. The Bertz CT molecular complexity index is 777. The molecule has 0 amide bonds. The molecule has 2 nitrogen and oxygen atoms in total. The van der Waals surface area contributed by atoms with Crippen molar-refractivity contribution >= 4 is 34.2 Å². The molecular formula is C16H12Cl2O2. The molecule has 1 N–H and O–H groups in total. The van der Waals surface area contributed by atoms with Crippen molar-refractivity contribution in [1.29, 1.82) is 0 Å². The number of fused-ring (bicyclic) bond motifs is 1. The predicted octanol–water partition coefficient (Wildman–Crippen LogP) is 5.13. The van der Waals surface area contributed by atoms with E-state index in [0.717, 1.165) is 16.5 Å². The Balaban J connectivity index is 2.05. The SMILES string of the molecule is Cc1ccc2oc(C(O)c3ccc(Cl)cc3Cl)cc2c1. The third-order valence-electron chi connectivity index (χ3n) is 3.22. The van der Waals surface area contributed by atoms with E-state index in [2.05, 4.69) is 0 Å². The van der Waals surface area contributed by atoms with Crippen LogP contribution >= 0.6 is 23.2 Å². The van der Waals surface area contributed by atoms with Crippen LogP contribution in [0.5, 0.6) is 0 Å². The van der Waals surface area contributed by atoms with Gasteiger partial charge in [0.2, 0.25) is 0 Å². The maximum Gasteiger partial charge on any atom is 0.138 e. The monoisotopic (exact) mass is 306 g/mol. The van der Waals surface area contributed by atoms with Crippen molar-refractivity contribution in [2.24, 2.45) is 0 Å². The Morgan fingerprint density at radius 1 is 1.05 bits per heavy atom. The number of benzene rings is 2. The van der Waals surface area contributed by atoms with Gasteiger partial charge in [0.25, 0.3) is 0 Å². The van der Waals surface area contributed by atoms with Gasteiger partial charge in [-0.2, -0.15) is 0 Å². The molecule has 1 heterocycles. The molecule has 0 bridgehead atoms. The minimum Gasteiger partial charge on any atom is -0.458 e. The predicted molar refractivity (Wildman–Crippen MR) is 81.5 cm³/mol. The van der Waals surface area contributed by atoms with Crippen LogP contribution in [0.3, 0.4) is 0 Å². The molecule has 0 radical (unpaired) electrons. The smallest absolute Gasteiger partial charge is 0.138 e. The Morgan fingerprint density at radius 3 is 2.60 bits per heavy atom. The minimum atomic E-state index is -0.910. The normalized spacial score (nSPS) is 12.8. The molecule has 3 aromatic rings. The Hall–Kier alpha value is -1.48. The summed E-state index contributed by atoms with van der Waals surface area (Å²) in [5, 5.41) is 12.3. The maximum atomic E-state index is 10.4. The first-order valence-corrected chi connectivity index (χ1v) is 6.93. The van der Waals surface area contributed by atoms with Crippen LogP contribution < -0.4 is 0 Å². The van der Waals surface area contributed by atoms with E-state index in [1.165, 1.54) is 0 Å². The highest BCUT2D eigenvalue weighted by Gasteiger charge is 2.18. The highest BCUT2D eigenvalue weighted by Crippen LogP contribution is 2.33. The van der Waals surface area contributed by atoms with E-state index in [1.54, 1.807) is 18.2 Å². The molecule has 2 aromatic carbocycles. The topological polar surface area (TPSA) is 33.4 Å². The van der Waals surface area contributed by atoms with Gasteiger partial charge in [-0.3, -0.25) is 0 Å². The van der Waals surface area contributed by atoms with Crippen molar-refractivity contribution < 1.29 is 9.52 Å². The molecule has 0 saturated heterocycles. The molecule has 0 saturated carbocycles. The highest BCUT2D eigenvalue weighted by molar-refractivity contribution is 6.35. The number of rotatable bonds is 2. The first-order chi connectivity index (χ1) is 9.54. The van der Waals surface area contributed by atoms with Crippen molar-refractivity contribution in [2.45, 2.75) is 13.0 Å². The van der Waals surface area contributed by atoms with E-state index in [4.69, 9.17) is 27.6 Å². The Kier molecular flexibility index (Phi) is 3.47. The average molecular weight is 307 g/mol. The summed E-state index contributed by atoms with van der Waals surface area (Å²) >= 11 is 12.0. The molecule has 0 aliphatic heterocycles. The van der Waals surface area contributed by atoms with E-state index >= 15 is 0 Å². The van der Waals surface area contributed by atoms with Crippen molar-refractivity contribution in [2.75, 3.05) is 0 Å². The van der Waals surface area contributed by atoms with Gasteiger partial charge in [-0.1, -0.05) is 40.9 Å². The summed E-state index contributed by atoms with van der Waals surface area (Å²) in [6, 6.07) is 12.7. The quantitative estimate of drug-likeness (QED) is 0.712. The van der Waals surface area contributed by atoms with Gasteiger partial charge in [0.05, 0.1) is 0 Å². The van der Waals surface area contributed by atoms with Gasteiger partial charge < -0.3 is 9.52 Å². The number of aryl methyl sites for hydroxylation is 1. The average Bonchev–Trinajstić information content (AvgIpc) is 2.81. The number of hydrogen-bond donors (Lipinski definition) is 1. The molecule has 0 spiro atoms. The summed E-state index contributed by atoms with van der Waals surface area (Å²) in [5.41, 5.74) is 2.46. The zero-order valence-electron chi connectivity index (χ0n) is 10.7. The van der Waals surface area contributed by atoms with Crippen LogP contribution in [0, 0.1) is 6.92 Å². The summed E-state index contributed by atoms with van der Waals surface area (Å²) in [4.78, 5) is 0. The summed E-state index contributed by atoms with van der Waals surface area (Å²) < 4.78 is 5.68. The second-order valence-electron chi connectivity index (χ2n) is 4.76. The first kappa shape index (κ1) is 13.5. The van der Waals surface area contributed by atoms with Gasteiger partial charge >= 0.3 is 0 Å². The van der Waals surface area contributed by atoms with Crippen molar-refractivity contribution in [3.8, 4) is 0 Å². The number of halogens is 2. The minimum absolute atomic E-state index is 0.418. The fourth-order valence-electron chi connectivity index (χ4n) is 2.19. The summed E-state index contributed by atoms with van der Waals surface area (Å²) in [6.07, 6.45) is -0.910. The number of hydrogen-bond acceptors (Lipinski definition) is 2. The van der Waals surface area contributed by atoms with Crippen LogP contribution in [0.4, 0.5) is 0 Å². The molecule has 1 atom stereocenters. The third kappa shape index (κ3) is 2.42. The molecule has 4 heteroatoms. The molecule has 3 rings (SSSR count). The lowest BCUT2D eigenvalue weighted by molar-refractivity contribution is 0.192. The maximum absolute atomic E-state index is 10.4. The van der Waals surface area contributed by atoms with E-state index < -0.39 is 6.10 Å². The summed E-state index contributed by atoms with van der Waals surface area (Å²) in [5.74, 6) is 0.467. The van der Waals surface area contributed by atoms with Crippen molar-refractivity contribution in [1.82, 2.24) is 0 Å². The van der Waals surface area contributed by atoms with Crippen LogP contribution in [-0.4, -0.2) is 5.11 Å². The van der Waals surface area contributed by atoms with Gasteiger partial charge in [0.15, 0.2) is 0 Å². The van der Waals surface area contributed by atoms with Crippen molar-refractivity contribution in [3.63, 3.8) is 0 Å². The molecule has 0 aliphatic rings. The largest absolute Gasteiger partial charge is 0.458 e. The van der Waals surface area contributed by atoms with Crippen molar-refractivity contribution in [3.05, 3.63) is 69.4 Å². The standard InChI is InChI=1S/C16H12Cl2O2/c1-9-2-5-14-10(6-9)7-15(20-14)16(19)12-4-3-11(17)8-13(12)18/h2-8,16,19H,1H3. The zero-order chi connectivity index (χ0) is 14.3. The van der Waals surface area contributed by atoms with Gasteiger partial charge in [-0.05, 0) is 37.3 Å². The van der Waals surface area contributed by atoms with Gasteiger partial charge in [0.1, 0.15) is 17.4 Å². The number of furan rings is 1. The molecular weight excluding hydrogens is 295 g/mol. The lowest BCUT2D eigenvalue weighted by atomic mass is 10.1. The fraction of sp³-hybridized carbons (Fsp3) is 0.125. The Morgan fingerprint density at radius 2 is 1.85 bits per heavy atom. The first-order valence-electron chi connectivity index (χ1n) is 6.18. The molecule has 20 heavy (non-hydrogen) atoms. The van der Waals surface area contributed by atoms with E-state index in [1.807, 2.05) is 31.2 Å². The van der Waals surface area contributed by atoms with E-state index in [9.17, 15) is 5.11 Å². The van der Waals surface area contributed by atoms with Gasteiger partial charge in [0, 0.05) is 21.0 Å². The number of aliphatic hydroxyl groups is 1. The van der Waals surface area contributed by atoms with Crippen LogP contribution in [0.2, 0.25) is 10.0 Å². The lowest BCUT2D eigenvalue weighted by Gasteiger charge is -2.10. The van der Waals surface area contributed by atoms with Crippen LogP contribution in [0.1, 0.15) is 23.0 Å². The number of aliphatic hydroxyl groups excluding tert-OH is 1. The second kappa shape index (κ2) is 5.13. The van der Waals surface area contributed by atoms with Gasteiger partial charge in [-0.25, -0.2) is 0 Å². The summed E-state index contributed by atoms with van der Waals surface area (Å²) in [7, 11) is 0. The highest BCUT2D eigenvalue weighted by atomic mass is 35.5. The molecule has 102 valence electrons.